The van der Waals surface area contributed by atoms with E-state index in [1.807, 2.05) is 0 Å². The van der Waals surface area contributed by atoms with Gasteiger partial charge in [-0.05, 0) is 133 Å². The zero-order valence-corrected chi connectivity index (χ0v) is 34.5. The molecule has 13 rings (SSSR count). The minimum Gasteiger partial charge on any atom is -0.311 e. The van der Waals surface area contributed by atoms with Crippen LogP contribution < -0.4 is 4.90 Å². The average Bonchev–Trinajstić information content (AvgIpc) is 3.97. The summed E-state index contributed by atoms with van der Waals surface area (Å²) in [5.41, 5.74) is 21.9. The maximum atomic E-state index is 2.49. The predicted octanol–water partition coefficient (Wildman–Crippen LogP) is 15.9. The largest absolute Gasteiger partial charge is 0.311 e. The number of aromatic nitrogens is 1. The molecule has 1 spiro atoms. The van der Waals surface area contributed by atoms with E-state index in [1.54, 1.807) is 0 Å². The van der Waals surface area contributed by atoms with Gasteiger partial charge in [0.2, 0.25) is 0 Å². The highest BCUT2D eigenvalue weighted by Gasteiger charge is 2.52. The van der Waals surface area contributed by atoms with Crippen LogP contribution in [0.25, 0.3) is 72.0 Å². The first-order chi connectivity index (χ1) is 31.3. The number of para-hydroxylation sites is 3. The van der Waals surface area contributed by atoms with Crippen LogP contribution in [0.1, 0.15) is 22.3 Å². The molecule has 2 aliphatic rings. The molecule has 2 heteroatoms. The first kappa shape index (κ1) is 35.5. The summed E-state index contributed by atoms with van der Waals surface area (Å²) in [5, 5.41) is 2.57. The Morgan fingerprint density at radius 1 is 0.317 bits per heavy atom. The molecule has 0 saturated heterocycles. The maximum Gasteiger partial charge on any atom is 0.0726 e. The third-order valence-corrected chi connectivity index (χ3v) is 13.6. The highest BCUT2D eigenvalue weighted by Crippen LogP contribution is 2.64. The van der Waals surface area contributed by atoms with Gasteiger partial charge >= 0.3 is 0 Å². The Balaban J connectivity index is 1.01. The van der Waals surface area contributed by atoms with Crippen molar-refractivity contribution in [2.24, 2.45) is 0 Å². The van der Waals surface area contributed by atoms with Gasteiger partial charge in [0.25, 0.3) is 0 Å². The smallest absolute Gasteiger partial charge is 0.0726 e. The number of nitrogens with zero attached hydrogens (tertiary/aromatic N) is 2. The summed E-state index contributed by atoms with van der Waals surface area (Å²) in [5.74, 6) is 0. The Morgan fingerprint density at radius 2 is 0.857 bits per heavy atom. The molecule has 294 valence electrons. The van der Waals surface area contributed by atoms with Gasteiger partial charge in [-0.25, -0.2) is 0 Å². The molecular formula is C61H40N2. The maximum absolute atomic E-state index is 2.49. The van der Waals surface area contributed by atoms with Crippen LogP contribution in [-0.4, -0.2) is 4.57 Å². The van der Waals surface area contributed by atoms with E-state index in [0.717, 1.165) is 22.7 Å². The molecule has 10 aromatic carbocycles. The van der Waals surface area contributed by atoms with Gasteiger partial charge in [-0.2, -0.15) is 0 Å². The zero-order chi connectivity index (χ0) is 41.5. The van der Waals surface area contributed by atoms with Crippen molar-refractivity contribution < 1.29 is 0 Å². The molecule has 0 bridgehead atoms. The summed E-state index contributed by atoms with van der Waals surface area (Å²) in [6.07, 6.45) is 0. The van der Waals surface area contributed by atoms with Gasteiger partial charge in [0.1, 0.15) is 0 Å². The number of benzene rings is 10. The van der Waals surface area contributed by atoms with E-state index in [2.05, 4.69) is 252 Å². The third kappa shape index (κ3) is 5.19. The average molecular weight is 801 g/mol. The second-order valence-electron chi connectivity index (χ2n) is 16.8. The molecule has 0 saturated carbocycles. The van der Waals surface area contributed by atoms with Crippen molar-refractivity contribution in [3.05, 3.63) is 265 Å². The van der Waals surface area contributed by atoms with Crippen molar-refractivity contribution in [1.29, 1.82) is 0 Å². The molecule has 2 aliphatic carbocycles. The van der Waals surface area contributed by atoms with Crippen LogP contribution in [0, 0.1) is 0 Å². The molecule has 1 heterocycles. The molecule has 0 amide bonds. The van der Waals surface area contributed by atoms with E-state index in [9.17, 15) is 0 Å². The van der Waals surface area contributed by atoms with E-state index in [4.69, 9.17) is 0 Å². The van der Waals surface area contributed by atoms with Crippen molar-refractivity contribution in [1.82, 2.24) is 4.57 Å². The Kier molecular flexibility index (Phi) is 7.85. The Morgan fingerprint density at radius 3 is 1.60 bits per heavy atom. The third-order valence-electron chi connectivity index (χ3n) is 13.6. The summed E-state index contributed by atoms with van der Waals surface area (Å²) in [7, 11) is 0. The van der Waals surface area contributed by atoms with Gasteiger partial charge in [-0.1, -0.05) is 176 Å². The first-order valence-corrected chi connectivity index (χ1v) is 21.8. The molecule has 1 atom stereocenters. The van der Waals surface area contributed by atoms with E-state index < -0.39 is 5.41 Å². The van der Waals surface area contributed by atoms with Crippen molar-refractivity contribution in [2.75, 3.05) is 4.90 Å². The predicted molar refractivity (Wildman–Crippen MR) is 263 cm³/mol. The van der Waals surface area contributed by atoms with Crippen LogP contribution in [-0.2, 0) is 5.41 Å². The Hall–Kier alpha value is -8.20. The normalized spacial score (nSPS) is 14.4. The zero-order valence-electron chi connectivity index (χ0n) is 34.5. The fourth-order valence-electron chi connectivity index (χ4n) is 11.0. The number of rotatable bonds is 6. The number of anilines is 3. The molecule has 0 radical (unpaired) electrons. The summed E-state index contributed by atoms with van der Waals surface area (Å²) < 4.78 is 2.47. The molecule has 11 aromatic rings. The topological polar surface area (TPSA) is 8.17 Å². The Bertz CT molecular complexity index is 3510. The van der Waals surface area contributed by atoms with Crippen molar-refractivity contribution in [2.45, 2.75) is 5.41 Å². The van der Waals surface area contributed by atoms with Gasteiger partial charge in [0.05, 0.1) is 16.4 Å². The highest BCUT2D eigenvalue weighted by atomic mass is 15.1. The molecule has 0 fully saturated rings. The van der Waals surface area contributed by atoms with Gasteiger partial charge in [-0.15, -0.1) is 0 Å². The highest BCUT2D eigenvalue weighted by molar-refractivity contribution is 6.19. The minimum absolute atomic E-state index is 0.490. The SMILES string of the molecule is c1ccc(-c2cccc(-n3c4ccccc4c4c5c(ccc43)C3(c4ccccc4-c4ccc(-c6ccc(N(c7ccccc7)c7ccccc7)cc6)cc43)c3ccccc3-5)c2)cc1. The Labute approximate surface area is 367 Å². The molecule has 0 aliphatic heterocycles. The van der Waals surface area contributed by atoms with Crippen LogP contribution >= 0.6 is 0 Å². The molecule has 2 nitrogen and oxygen atoms in total. The molecule has 0 N–H and O–H groups in total. The lowest BCUT2D eigenvalue weighted by Gasteiger charge is -2.31. The lowest BCUT2D eigenvalue weighted by molar-refractivity contribution is 0.794. The van der Waals surface area contributed by atoms with Crippen LogP contribution in [0.15, 0.2) is 243 Å². The second kappa shape index (κ2) is 13.9. The lowest BCUT2D eigenvalue weighted by Crippen LogP contribution is -2.25. The monoisotopic (exact) mass is 800 g/mol. The van der Waals surface area contributed by atoms with Gasteiger partial charge in [0, 0.05) is 33.5 Å². The molecule has 1 unspecified atom stereocenters. The number of hydrogen-bond acceptors (Lipinski definition) is 1. The van der Waals surface area contributed by atoms with E-state index in [0.29, 0.717) is 0 Å². The quantitative estimate of drug-likeness (QED) is 0.163. The van der Waals surface area contributed by atoms with Crippen LogP contribution in [0.2, 0.25) is 0 Å². The number of hydrogen-bond donors (Lipinski definition) is 0. The summed E-state index contributed by atoms with van der Waals surface area (Å²) in [6.45, 7) is 0. The van der Waals surface area contributed by atoms with E-state index in [1.165, 1.54) is 88.6 Å². The van der Waals surface area contributed by atoms with Crippen molar-refractivity contribution in [3.8, 4) is 50.2 Å². The van der Waals surface area contributed by atoms with E-state index in [-0.39, 0.29) is 0 Å². The fraction of sp³-hybridized carbons (Fsp3) is 0.0164. The van der Waals surface area contributed by atoms with Crippen molar-refractivity contribution in [3.63, 3.8) is 0 Å². The van der Waals surface area contributed by atoms with Crippen LogP contribution in [0.4, 0.5) is 17.1 Å². The van der Waals surface area contributed by atoms with Gasteiger partial charge in [-0.3, -0.25) is 0 Å². The first-order valence-electron chi connectivity index (χ1n) is 21.8. The molecule has 63 heavy (non-hydrogen) atoms. The van der Waals surface area contributed by atoms with Gasteiger partial charge in [0.15, 0.2) is 0 Å². The van der Waals surface area contributed by atoms with Crippen molar-refractivity contribution >= 4 is 38.9 Å². The standard InChI is InChI=1S/C61H40N2/c1-4-17-41(18-5-1)43-19-16-24-48(39-43)63-57-30-15-12-27-52(57)60-58(63)38-37-55-59(60)51-26-11-14-29-54(51)61(55)53-28-13-10-25-49(53)50-36-33-44(40-56(50)61)42-31-34-47(35-32-42)62(45-20-6-2-7-21-45)46-22-8-3-9-23-46/h1-40H. The second-order valence-corrected chi connectivity index (χ2v) is 16.8. The lowest BCUT2D eigenvalue weighted by atomic mass is 9.70. The van der Waals surface area contributed by atoms with Crippen LogP contribution in [0.5, 0.6) is 0 Å². The fourth-order valence-corrected chi connectivity index (χ4v) is 11.0. The number of fused-ring (bicyclic) bond motifs is 14. The van der Waals surface area contributed by atoms with Crippen LogP contribution in [0.3, 0.4) is 0 Å². The summed E-state index contributed by atoms with van der Waals surface area (Å²) in [6, 6.07) is 89.3. The molecule has 1 aromatic heterocycles. The summed E-state index contributed by atoms with van der Waals surface area (Å²) in [4.78, 5) is 2.32. The van der Waals surface area contributed by atoms with Gasteiger partial charge < -0.3 is 9.47 Å². The minimum atomic E-state index is -0.490. The molecular weight excluding hydrogens is 761 g/mol. The van der Waals surface area contributed by atoms with E-state index >= 15 is 0 Å². The summed E-state index contributed by atoms with van der Waals surface area (Å²) >= 11 is 0.